The highest BCUT2D eigenvalue weighted by molar-refractivity contribution is 7.89. The van der Waals surface area contributed by atoms with Crippen LogP contribution in [0.1, 0.15) is 47.0 Å². The number of hydrogen-bond acceptors (Lipinski definition) is 5. The van der Waals surface area contributed by atoms with Gasteiger partial charge in [0.05, 0.1) is 16.3 Å². The summed E-state index contributed by atoms with van der Waals surface area (Å²) in [6.07, 6.45) is 4.01. The number of anilines is 2. The predicted octanol–water partition coefficient (Wildman–Crippen LogP) is 4.29. The molecule has 2 N–H and O–H groups in total. The minimum absolute atomic E-state index is 0.0156. The van der Waals surface area contributed by atoms with E-state index in [4.69, 9.17) is 0 Å². The number of rotatable bonds is 6. The van der Waals surface area contributed by atoms with Crippen LogP contribution in [-0.2, 0) is 10.0 Å². The number of nitrogens with one attached hydrogen (secondary N) is 2. The highest BCUT2D eigenvalue weighted by atomic mass is 32.2. The normalized spacial score (nSPS) is 16.5. The molecule has 2 aromatic carbocycles. The Morgan fingerprint density at radius 3 is 2.51 bits per heavy atom. The van der Waals surface area contributed by atoms with Crippen LogP contribution in [0, 0.1) is 5.82 Å². The van der Waals surface area contributed by atoms with Crippen molar-refractivity contribution in [2.75, 3.05) is 17.2 Å². The van der Waals surface area contributed by atoms with Gasteiger partial charge >= 0.3 is 0 Å². The van der Waals surface area contributed by atoms with Crippen molar-refractivity contribution in [3.8, 4) is 0 Å². The molecule has 35 heavy (non-hydrogen) atoms. The lowest BCUT2D eigenvalue weighted by atomic mass is 10.1. The second kappa shape index (κ2) is 10.3. The predicted molar refractivity (Wildman–Crippen MR) is 130 cm³/mol. The number of carbonyl (C=O) groups excluding carboxylic acids is 2. The zero-order valence-electron chi connectivity index (χ0n) is 19.1. The fourth-order valence-corrected chi connectivity index (χ4v) is 5.71. The van der Waals surface area contributed by atoms with Gasteiger partial charge in [-0.25, -0.2) is 12.8 Å². The summed E-state index contributed by atoms with van der Waals surface area (Å²) in [6, 6.07) is 14.0. The highest BCUT2D eigenvalue weighted by Gasteiger charge is 2.31. The Hall–Kier alpha value is -3.63. The van der Waals surface area contributed by atoms with Gasteiger partial charge in [0, 0.05) is 24.3 Å². The first-order valence-electron chi connectivity index (χ1n) is 11.2. The summed E-state index contributed by atoms with van der Waals surface area (Å²) >= 11 is 0. The SMILES string of the molecule is CC1CCCCN1S(=O)(=O)c1cccc(C(=O)Nc2cc(F)ccc2NC(=O)c2ccccn2)c1. The number of sulfonamides is 1. The van der Waals surface area contributed by atoms with Crippen LogP contribution in [0.4, 0.5) is 15.8 Å². The smallest absolute Gasteiger partial charge is 0.274 e. The summed E-state index contributed by atoms with van der Waals surface area (Å²) in [5.41, 5.74) is 0.430. The van der Waals surface area contributed by atoms with E-state index in [-0.39, 0.29) is 33.6 Å². The molecule has 10 heteroatoms. The first-order valence-corrected chi connectivity index (χ1v) is 12.6. The molecule has 8 nitrogen and oxygen atoms in total. The summed E-state index contributed by atoms with van der Waals surface area (Å²) in [7, 11) is -3.77. The van der Waals surface area contributed by atoms with E-state index < -0.39 is 27.7 Å². The van der Waals surface area contributed by atoms with Crippen molar-refractivity contribution in [2.45, 2.75) is 37.1 Å². The standard InChI is InChI=1S/C25H25FN4O4S/c1-17-7-3-5-14-30(17)35(33,34)20-9-6-8-18(15-20)24(31)29-23-16-19(26)11-12-21(23)28-25(32)22-10-2-4-13-27-22/h2,4,6,8-13,15-17H,3,5,7,14H2,1H3,(H,28,32)(H,29,31). The van der Waals surface area contributed by atoms with E-state index in [2.05, 4.69) is 15.6 Å². The molecule has 1 saturated heterocycles. The number of benzene rings is 2. The maximum Gasteiger partial charge on any atom is 0.274 e. The first-order chi connectivity index (χ1) is 16.8. The van der Waals surface area contributed by atoms with Crippen LogP contribution < -0.4 is 10.6 Å². The maximum atomic E-state index is 14.0. The van der Waals surface area contributed by atoms with Crippen molar-refractivity contribution in [3.05, 3.63) is 83.9 Å². The van der Waals surface area contributed by atoms with Gasteiger partial charge in [-0.2, -0.15) is 4.31 Å². The molecule has 182 valence electrons. The summed E-state index contributed by atoms with van der Waals surface area (Å²) in [6.45, 7) is 2.31. The van der Waals surface area contributed by atoms with Crippen LogP contribution >= 0.6 is 0 Å². The number of pyridine rings is 1. The topological polar surface area (TPSA) is 108 Å². The zero-order valence-corrected chi connectivity index (χ0v) is 19.9. The van der Waals surface area contributed by atoms with E-state index in [1.165, 1.54) is 46.9 Å². The largest absolute Gasteiger partial charge is 0.320 e. The van der Waals surface area contributed by atoms with Crippen molar-refractivity contribution in [1.29, 1.82) is 0 Å². The van der Waals surface area contributed by atoms with Gasteiger partial charge in [0.15, 0.2) is 0 Å². The Labute approximate surface area is 203 Å². The van der Waals surface area contributed by atoms with Gasteiger partial charge in [-0.1, -0.05) is 18.6 Å². The molecule has 0 radical (unpaired) electrons. The van der Waals surface area contributed by atoms with Crippen LogP contribution in [0.15, 0.2) is 71.8 Å². The number of halogens is 1. The molecular weight excluding hydrogens is 471 g/mol. The van der Waals surface area contributed by atoms with E-state index in [0.29, 0.717) is 6.54 Å². The Balaban J connectivity index is 1.57. The lowest BCUT2D eigenvalue weighted by Crippen LogP contribution is -2.41. The molecule has 3 aromatic rings. The quantitative estimate of drug-likeness (QED) is 0.529. The molecule has 4 rings (SSSR count). The van der Waals surface area contributed by atoms with Crippen LogP contribution in [0.25, 0.3) is 0 Å². The third kappa shape index (κ3) is 5.55. The monoisotopic (exact) mass is 496 g/mol. The molecule has 0 aliphatic carbocycles. The van der Waals surface area contributed by atoms with Crippen molar-refractivity contribution >= 4 is 33.2 Å². The van der Waals surface area contributed by atoms with Gasteiger partial charge in [-0.3, -0.25) is 14.6 Å². The second-order valence-electron chi connectivity index (χ2n) is 8.30. The summed E-state index contributed by atoms with van der Waals surface area (Å²) in [5.74, 6) is -1.80. The average molecular weight is 497 g/mol. The second-order valence-corrected chi connectivity index (χ2v) is 10.2. The average Bonchev–Trinajstić information content (AvgIpc) is 2.86. The number of amides is 2. The van der Waals surface area contributed by atoms with Crippen molar-refractivity contribution in [2.24, 2.45) is 0 Å². The van der Waals surface area contributed by atoms with Crippen molar-refractivity contribution in [1.82, 2.24) is 9.29 Å². The third-order valence-corrected chi connectivity index (χ3v) is 7.83. The zero-order chi connectivity index (χ0) is 25.0. The van der Waals surface area contributed by atoms with Crippen molar-refractivity contribution in [3.63, 3.8) is 0 Å². The van der Waals surface area contributed by atoms with Crippen molar-refractivity contribution < 1.29 is 22.4 Å². The number of piperidine rings is 1. The Morgan fingerprint density at radius 2 is 1.77 bits per heavy atom. The molecule has 2 amide bonds. The number of aromatic nitrogens is 1. The van der Waals surface area contributed by atoms with Gasteiger partial charge in [0.2, 0.25) is 10.0 Å². The molecule has 1 aliphatic rings. The molecule has 1 aliphatic heterocycles. The van der Waals surface area contributed by atoms with E-state index in [9.17, 15) is 22.4 Å². The lowest BCUT2D eigenvalue weighted by molar-refractivity contribution is 0.101. The first kappa shape index (κ1) is 24.5. The van der Waals surface area contributed by atoms with E-state index >= 15 is 0 Å². The van der Waals surface area contributed by atoms with Gasteiger partial charge in [-0.15, -0.1) is 0 Å². The van der Waals surface area contributed by atoms with Crippen LogP contribution in [-0.4, -0.2) is 42.1 Å². The fraction of sp³-hybridized carbons (Fsp3) is 0.240. The van der Waals surface area contributed by atoms with E-state index in [1.807, 2.05) is 6.92 Å². The molecule has 1 atom stereocenters. The lowest BCUT2D eigenvalue weighted by Gasteiger charge is -2.32. The molecule has 0 spiro atoms. The Kier molecular flexibility index (Phi) is 7.23. The van der Waals surface area contributed by atoms with Crippen LogP contribution in [0.3, 0.4) is 0 Å². The molecule has 0 bridgehead atoms. The summed E-state index contributed by atoms with van der Waals surface area (Å²) in [4.78, 5) is 29.5. The van der Waals surface area contributed by atoms with Gasteiger partial charge in [0.25, 0.3) is 11.8 Å². The molecular formula is C25H25FN4O4S. The van der Waals surface area contributed by atoms with Gasteiger partial charge < -0.3 is 10.6 Å². The van der Waals surface area contributed by atoms with Gasteiger partial charge in [0.1, 0.15) is 11.5 Å². The van der Waals surface area contributed by atoms with E-state index in [0.717, 1.165) is 31.4 Å². The fourth-order valence-electron chi connectivity index (χ4n) is 3.97. The number of carbonyl (C=O) groups is 2. The molecule has 1 unspecified atom stereocenters. The van der Waals surface area contributed by atoms with Crippen LogP contribution in [0.2, 0.25) is 0 Å². The summed E-state index contributed by atoms with van der Waals surface area (Å²) in [5, 5.41) is 5.18. The third-order valence-electron chi connectivity index (χ3n) is 5.82. The number of nitrogens with zero attached hydrogens (tertiary/aromatic N) is 2. The highest BCUT2D eigenvalue weighted by Crippen LogP contribution is 2.27. The molecule has 1 aromatic heterocycles. The molecule has 2 heterocycles. The van der Waals surface area contributed by atoms with Crippen LogP contribution in [0.5, 0.6) is 0 Å². The Morgan fingerprint density at radius 1 is 0.971 bits per heavy atom. The Bertz CT molecular complexity index is 1350. The number of hydrogen-bond donors (Lipinski definition) is 2. The molecule has 0 saturated carbocycles. The summed E-state index contributed by atoms with van der Waals surface area (Å²) < 4.78 is 41.8. The maximum absolute atomic E-state index is 14.0. The minimum atomic E-state index is -3.77. The molecule has 1 fully saturated rings. The van der Waals surface area contributed by atoms with Gasteiger partial charge in [-0.05, 0) is 68.3 Å². The minimum Gasteiger partial charge on any atom is -0.320 e. The van der Waals surface area contributed by atoms with E-state index in [1.54, 1.807) is 12.1 Å².